The zero-order chi connectivity index (χ0) is 48.3. The van der Waals surface area contributed by atoms with E-state index in [2.05, 4.69) is 310 Å². The highest BCUT2D eigenvalue weighted by molar-refractivity contribution is 8.04. The topological polar surface area (TPSA) is 18.5 Å². The average molecular weight is 992 g/mol. The minimum absolute atomic E-state index is 0.495. The van der Waals surface area contributed by atoms with Crippen LogP contribution in [0.4, 0.5) is 0 Å². The Balaban J connectivity index is 1.72. The average Bonchev–Trinajstić information content (AvgIpc) is 3.35. The first-order chi connectivity index (χ1) is 32.5. The molecule has 0 heterocycles. The van der Waals surface area contributed by atoms with Gasteiger partial charge in [-0.2, -0.15) is 0 Å². The minimum atomic E-state index is -3.50. The number of benzene rings is 8. The van der Waals surface area contributed by atoms with E-state index in [1.807, 2.05) is 0 Å². The van der Waals surface area contributed by atoms with Gasteiger partial charge in [0.1, 0.15) is 14.2 Å². The fourth-order valence-electron chi connectivity index (χ4n) is 12.4. The molecule has 8 aromatic carbocycles. The maximum absolute atomic E-state index is 8.57. The second-order valence-electron chi connectivity index (χ2n) is 21.5. The van der Waals surface area contributed by atoms with E-state index in [-0.39, 0.29) is 0 Å². The number of rotatable bonds is 15. The monoisotopic (exact) mass is 990 g/mol. The van der Waals surface area contributed by atoms with Crippen molar-refractivity contribution in [3.05, 3.63) is 243 Å². The van der Waals surface area contributed by atoms with Crippen LogP contribution in [0.3, 0.4) is 0 Å². The van der Waals surface area contributed by atoms with Crippen molar-refractivity contribution in [3.63, 3.8) is 0 Å². The Morgan fingerprint density at radius 3 is 0.529 bits per heavy atom. The zero-order valence-electron chi connectivity index (χ0n) is 41.9. The predicted molar refractivity (Wildman–Crippen MR) is 308 cm³/mol. The predicted octanol–water partition coefficient (Wildman–Crippen LogP) is 9.47. The summed E-state index contributed by atoms with van der Waals surface area (Å²) in [5.74, 6) is 0. The van der Waals surface area contributed by atoms with E-state index >= 15 is 0 Å². The molecule has 8 rings (SSSR count). The maximum atomic E-state index is 8.57. The third kappa shape index (κ3) is 8.16. The van der Waals surface area contributed by atoms with Gasteiger partial charge in [-0.05, 0) is 62.3 Å². The standard InChI is InChI=1S/C60H70O2Si6/c1-59(2,3)61-65(51-35-19-11-20-36-51,52-37-21-12-22-38-52)67(55-43-27-15-28-44-55,56-45-29-16-30-46-56)63(7,8)64(9,10)68(57-47-31-17-32-48-57,58-49-33-18-34-50-58)66(62-60(4,5)6,53-39-23-13-24-40-53)54-41-25-14-26-42-54/h11-50H,1-10H3. The highest BCUT2D eigenvalue weighted by Gasteiger charge is 2.80. The van der Waals surface area contributed by atoms with Crippen LogP contribution in [-0.2, 0) is 8.85 Å². The molecule has 0 radical (unpaired) electrons. The van der Waals surface area contributed by atoms with Gasteiger partial charge in [-0.25, -0.2) is 0 Å². The van der Waals surface area contributed by atoms with Gasteiger partial charge in [-0.15, -0.1) is 0 Å². The summed E-state index contributed by atoms with van der Waals surface area (Å²) in [6, 6.07) is 94.0. The Morgan fingerprint density at radius 1 is 0.235 bits per heavy atom. The quantitative estimate of drug-likeness (QED) is 0.0955. The summed E-state index contributed by atoms with van der Waals surface area (Å²) in [6.07, 6.45) is 0. The van der Waals surface area contributed by atoms with Gasteiger partial charge in [0.15, 0.2) is 0 Å². The highest BCUT2D eigenvalue weighted by atomic mass is 30.0. The van der Waals surface area contributed by atoms with Gasteiger partial charge < -0.3 is 8.85 Å². The molecule has 0 unspecified atom stereocenters. The normalized spacial score (nSPS) is 13.3. The summed E-state index contributed by atoms with van der Waals surface area (Å²) in [6.45, 7) is 25.4. The van der Waals surface area contributed by atoms with E-state index in [1.165, 1.54) is 41.5 Å². The molecule has 68 heavy (non-hydrogen) atoms. The molecular formula is C60H70O2Si6. The SMILES string of the molecule is CC(C)(C)O[Si](c1ccccc1)(c1ccccc1)[Si](c1ccccc1)(c1ccccc1)[Si](C)(C)[Si](C)(C)[Si](c1ccccc1)(c1ccccc1)[Si](OC(C)(C)C)(c1ccccc1)c1ccccc1. The maximum Gasteiger partial charge on any atom is 0.248 e. The van der Waals surface area contributed by atoms with Crippen molar-refractivity contribution in [2.24, 2.45) is 0 Å². The Labute approximate surface area is 413 Å². The molecule has 0 fully saturated rings. The van der Waals surface area contributed by atoms with Gasteiger partial charge in [0.05, 0.1) is 0 Å². The van der Waals surface area contributed by atoms with Crippen molar-refractivity contribution in [1.82, 2.24) is 0 Å². The van der Waals surface area contributed by atoms with E-state index in [9.17, 15) is 0 Å². The molecule has 0 saturated heterocycles. The summed E-state index contributed by atoms with van der Waals surface area (Å²) >= 11 is 0. The second kappa shape index (κ2) is 19.4. The lowest BCUT2D eigenvalue weighted by atomic mass is 10.2. The lowest BCUT2D eigenvalue weighted by Crippen LogP contribution is -3.06. The number of hydrogen-bond acceptors (Lipinski definition) is 2. The first kappa shape index (κ1) is 49.4. The summed E-state index contributed by atoms with van der Waals surface area (Å²) < 4.78 is 17.1. The second-order valence-corrected chi connectivity index (χ2v) is 72.9. The molecule has 0 aromatic heterocycles. The first-order valence-electron chi connectivity index (χ1n) is 24.4. The van der Waals surface area contributed by atoms with Crippen LogP contribution in [0, 0.1) is 0 Å². The highest BCUT2D eigenvalue weighted by Crippen LogP contribution is 2.44. The van der Waals surface area contributed by atoms with Gasteiger partial charge >= 0.3 is 0 Å². The molecule has 0 bridgehead atoms. The third-order valence-electron chi connectivity index (χ3n) is 15.0. The Bertz CT molecular complexity index is 2480. The van der Waals surface area contributed by atoms with Crippen LogP contribution in [0.25, 0.3) is 0 Å². The van der Waals surface area contributed by atoms with Gasteiger partial charge in [0.25, 0.3) is 0 Å². The van der Waals surface area contributed by atoms with Crippen molar-refractivity contribution in [2.45, 2.75) is 78.9 Å². The molecular weight excluding hydrogens is 921 g/mol. The molecule has 0 atom stereocenters. The summed E-state index contributed by atoms with van der Waals surface area (Å²) in [5, 5.41) is 11.3. The molecule has 0 N–H and O–H groups in total. The molecule has 0 aliphatic heterocycles. The van der Waals surface area contributed by atoms with Crippen molar-refractivity contribution < 1.29 is 8.85 Å². The van der Waals surface area contributed by atoms with Crippen molar-refractivity contribution >= 4 is 85.6 Å². The minimum Gasteiger partial charge on any atom is -0.406 e. The third-order valence-corrected chi connectivity index (χ3v) is 115. The summed E-state index contributed by atoms with van der Waals surface area (Å²) in [7, 11) is -19.8. The molecule has 0 saturated carbocycles. The van der Waals surface area contributed by atoms with Crippen LogP contribution in [0.1, 0.15) is 41.5 Å². The van der Waals surface area contributed by atoms with Gasteiger partial charge in [0, 0.05) is 25.4 Å². The molecule has 0 aliphatic carbocycles. The van der Waals surface area contributed by atoms with Crippen LogP contribution in [0.2, 0.25) is 26.2 Å². The lowest BCUT2D eigenvalue weighted by molar-refractivity contribution is 0.131. The van der Waals surface area contributed by atoms with Gasteiger partial charge in [0.2, 0.25) is 15.7 Å². The molecule has 0 amide bonds. The molecule has 2 nitrogen and oxygen atoms in total. The van der Waals surface area contributed by atoms with E-state index in [0.29, 0.717) is 0 Å². The van der Waals surface area contributed by atoms with E-state index in [1.54, 1.807) is 0 Å². The van der Waals surface area contributed by atoms with E-state index in [4.69, 9.17) is 8.85 Å². The smallest absolute Gasteiger partial charge is 0.248 e. The molecule has 8 heteroatoms. The van der Waals surface area contributed by atoms with Crippen molar-refractivity contribution in [1.29, 1.82) is 0 Å². The van der Waals surface area contributed by atoms with Gasteiger partial charge in [-0.1, -0.05) is 290 Å². The van der Waals surface area contributed by atoms with Crippen LogP contribution in [-0.4, -0.2) is 55.3 Å². The van der Waals surface area contributed by atoms with Crippen molar-refractivity contribution in [2.75, 3.05) is 0 Å². The fourth-order valence-corrected chi connectivity index (χ4v) is 157. The van der Waals surface area contributed by atoms with E-state index < -0.39 is 55.3 Å². The molecule has 8 aromatic rings. The Morgan fingerprint density at radius 2 is 0.382 bits per heavy atom. The van der Waals surface area contributed by atoms with Crippen LogP contribution in [0.15, 0.2) is 243 Å². The van der Waals surface area contributed by atoms with E-state index in [0.717, 1.165) is 0 Å². The van der Waals surface area contributed by atoms with Gasteiger partial charge in [-0.3, -0.25) is 0 Å². The molecule has 0 spiro atoms. The van der Waals surface area contributed by atoms with Crippen LogP contribution < -0.4 is 41.5 Å². The van der Waals surface area contributed by atoms with Crippen molar-refractivity contribution in [3.8, 4) is 0 Å². The van der Waals surface area contributed by atoms with Crippen LogP contribution >= 0.6 is 0 Å². The fraction of sp³-hybridized carbons (Fsp3) is 0.200. The van der Waals surface area contributed by atoms with Crippen LogP contribution in [0.5, 0.6) is 0 Å². The lowest BCUT2D eigenvalue weighted by Gasteiger charge is -2.66. The Hall–Kier alpha value is -5.02. The molecule has 346 valence electrons. The Kier molecular flexibility index (Phi) is 14.1. The zero-order valence-corrected chi connectivity index (χ0v) is 47.9. The molecule has 0 aliphatic rings. The summed E-state index contributed by atoms with van der Waals surface area (Å²) in [5.41, 5.74) is -0.990. The summed E-state index contributed by atoms with van der Waals surface area (Å²) in [4.78, 5) is 0. The largest absolute Gasteiger partial charge is 0.406 e. The number of hydrogen-bond donors (Lipinski definition) is 0. The first-order valence-corrected chi connectivity index (χ1v) is 43.2.